The number of nitrogens with zero attached hydrogens (tertiary/aromatic N) is 1. The highest BCUT2D eigenvalue weighted by Gasteiger charge is 1.95. The predicted octanol–water partition coefficient (Wildman–Crippen LogP) is 2.02. The lowest BCUT2D eigenvalue weighted by molar-refractivity contribution is 0.281. The molecule has 1 N–H and O–H groups in total. The second-order valence-electron chi connectivity index (χ2n) is 2.81. The number of hydrogen-bond donors (Lipinski definition) is 1. The van der Waals surface area contributed by atoms with Crippen molar-refractivity contribution in [1.82, 2.24) is 0 Å². The van der Waals surface area contributed by atoms with E-state index >= 15 is 0 Å². The molecule has 1 rings (SSSR count). The summed E-state index contributed by atoms with van der Waals surface area (Å²) in [6.45, 7) is 2.00. The molecule has 0 aromatic heterocycles. The molecule has 0 saturated carbocycles. The Morgan fingerprint density at radius 2 is 2.31 bits per heavy atom. The first-order valence-corrected chi connectivity index (χ1v) is 4.04. The Morgan fingerprint density at radius 1 is 1.54 bits per heavy atom. The normalized spacial score (nSPS) is 10.2. The summed E-state index contributed by atoms with van der Waals surface area (Å²) in [7, 11) is 0. The van der Waals surface area contributed by atoms with Gasteiger partial charge in [0.2, 0.25) is 0 Å². The topological polar surface area (TPSA) is 44.0 Å². The van der Waals surface area contributed by atoms with E-state index in [1.165, 1.54) is 6.08 Å². The molecule has 0 bridgehead atoms. The number of nitriles is 1. The maximum Gasteiger partial charge on any atom is 0.0912 e. The monoisotopic (exact) mass is 173 g/mol. The Morgan fingerprint density at radius 3 is 2.85 bits per heavy atom. The van der Waals surface area contributed by atoms with E-state index in [-0.39, 0.29) is 6.61 Å². The minimum absolute atomic E-state index is 0.0636. The number of hydrogen-bond acceptors (Lipinski definition) is 2. The summed E-state index contributed by atoms with van der Waals surface area (Å²) in [6, 6.07) is 7.63. The second-order valence-corrected chi connectivity index (χ2v) is 2.81. The average molecular weight is 173 g/mol. The van der Waals surface area contributed by atoms with Crippen LogP contribution in [-0.4, -0.2) is 5.11 Å². The first kappa shape index (κ1) is 9.50. The molecule has 2 heteroatoms. The third kappa shape index (κ3) is 2.43. The van der Waals surface area contributed by atoms with E-state index in [4.69, 9.17) is 10.4 Å². The number of allylic oxidation sites excluding steroid dienone is 1. The fourth-order valence-corrected chi connectivity index (χ4v) is 1.13. The molecule has 0 spiro atoms. The molecular formula is C11H11NO. The molecule has 0 atom stereocenters. The Kier molecular flexibility index (Phi) is 3.24. The zero-order valence-electron chi connectivity index (χ0n) is 7.49. The van der Waals surface area contributed by atoms with Crippen molar-refractivity contribution < 1.29 is 5.11 Å². The van der Waals surface area contributed by atoms with Gasteiger partial charge in [-0.2, -0.15) is 5.26 Å². The van der Waals surface area contributed by atoms with Crippen LogP contribution in [0.15, 0.2) is 24.3 Å². The van der Waals surface area contributed by atoms with Gasteiger partial charge in [-0.05, 0) is 29.7 Å². The number of rotatable bonds is 2. The van der Waals surface area contributed by atoms with Crippen LogP contribution in [0.25, 0.3) is 6.08 Å². The third-order valence-corrected chi connectivity index (χ3v) is 1.89. The second kappa shape index (κ2) is 4.44. The third-order valence-electron chi connectivity index (χ3n) is 1.89. The van der Waals surface area contributed by atoms with Crippen molar-refractivity contribution in [3.8, 4) is 6.07 Å². The summed E-state index contributed by atoms with van der Waals surface area (Å²) in [4.78, 5) is 0. The first-order valence-electron chi connectivity index (χ1n) is 4.04. The fraction of sp³-hybridized carbons (Fsp3) is 0.182. The molecule has 0 unspecified atom stereocenters. The van der Waals surface area contributed by atoms with Gasteiger partial charge in [0, 0.05) is 6.08 Å². The van der Waals surface area contributed by atoms with E-state index in [1.807, 2.05) is 31.2 Å². The van der Waals surface area contributed by atoms with Gasteiger partial charge in [0.25, 0.3) is 0 Å². The molecule has 0 fully saturated rings. The molecule has 1 aromatic rings. The molecule has 2 nitrogen and oxygen atoms in total. The molecule has 66 valence electrons. The lowest BCUT2D eigenvalue weighted by Gasteiger charge is -2.02. The number of aliphatic hydroxyl groups excluding tert-OH is 1. The van der Waals surface area contributed by atoms with Crippen LogP contribution in [0.4, 0.5) is 0 Å². The quantitative estimate of drug-likeness (QED) is 0.695. The van der Waals surface area contributed by atoms with Gasteiger partial charge in [-0.1, -0.05) is 18.2 Å². The molecule has 0 aliphatic rings. The molecule has 0 aliphatic heterocycles. The van der Waals surface area contributed by atoms with Crippen molar-refractivity contribution in [2.75, 3.05) is 0 Å². The Labute approximate surface area is 77.8 Å². The summed E-state index contributed by atoms with van der Waals surface area (Å²) < 4.78 is 0. The van der Waals surface area contributed by atoms with Crippen LogP contribution in [-0.2, 0) is 6.61 Å². The van der Waals surface area contributed by atoms with Crippen LogP contribution in [0.2, 0.25) is 0 Å². The van der Waals surface area contributed by atoms with Crippen molar-refractivity contribution in [2.45, 2.75) is 13.5 Å². The van der Waals surface area contributed by atoms with Gasteiger partial charge < -0.3 is 5.11 Å². The molecular weight excluding hydrogens is 162 g/mol. The minimum Gasteiger partial charge on any atom is -0.392 e. The molecule has 1 aromatic carbocycles. The number of aliphatic hydroxyl groups is 1. The number of aryl methyl sites for hydroxylation is 1. The average Bonchev–Trinajstić information content (AvgIpc) is 2.15. The van der Waals surface area contributed by atoms with Crippen LogP contribution in [0.3, 0.4) is 0 Å². The van der Waals surface area contributed by atoms with Crippen molar-refractivity contribution in [1.29, 1.82) is 5.26 Å². The van der Waals surface area contributed by atoms with Crippen LogP contribution in [0.5, 0.6) is 0 Å². The van der Waals surface area contributed by atoms with E-state index in [0.29, 0.717) is 0 Å². The Hall–Kier alpha value is -1.59. The van der Waals surface area contributed by atoms with Gasteiger partial charge in [0.1, 0.15) is 0 Å². The smallest absolute Gasteiger partial charge is 0.0912 e. The van der Waals surface area contributed by atoms with Gasteiger partial charge >= 0.3 is 0 Å². The molecule has 0 heterocycles. The van der Waals surface area contributed by atoms with Crippen molar-refractivity contribution in [2.24, 2.45) is 0 Å². The van der Waals surface area contributed by atoms with E-state index < -0.39 is 0 Å². The van der Waals surface area contributed by atoms with Crippen molar-refractivity contribution in [3.63, 3.8) is 0 Å². The highest BCUT2D eigenvalue weighted by molar-refractivity contribution is 5.53. The SMILES string of the molecule is Cc1cc(C=CC#N)ccc1CO. The summed E-state index contributed by atoms with van der Waals surface area (Å²) in [5.41, 5.74) is 2.95. The van der Waals surface area contributed by atoms with Crippen LogP contribution in [0.1, 0.15) is 16.7 Å². The maximum absolute atomic E-state index is 8.92. The van der Waals surface area contributed by atoms with E-state index in [2.05, 4.69) is 0 Å². The molecule has 0 saturated heterocycles. The number of benzene rings is 1. The maximum atomic E-state index is 8.92. The van der Waals surface area contributed by atoms with E-state index in [9.17, 15) is 0 Å². The Balaban J connectivity index is 2.97. The zero-order valence-corrected chi connectivity index (χ0v) is 7.49. The van der Waals surface area contributed by atoms with Crippen molar-refractivity contribution >= 4 is 6.08 Å². The van der Waals surface area contributed by atoms with Crippen molar-refractivity contribution in [3.05, 3.63) is 41.0 Å². The van der Waals surface area contributed by atoms with Crippen LogP contribution < -0.4 is 0 Å². The van der Waals surface area contributed by atoms with Gasteiger partial charge in [-0.3, -0.25) is 0 Å². The van der Waals surface area contributed by atoms with Gasteiger partial charge in [-0.15, -0.1) is 0 Å². The molecule has 0 radical (unpaired) electrons. The summed E-state index contributed by atoms with van der Waals surface area (Å²) in [5.74, 6) is 0. The largest absolute Gasteiger partial charge is 0.392 e. The predicted molar refractivity (Wildman–Crippen MR) is 51.7 cm³/mol. The minimum atomic E-state index is 0.0636. The van der Waals surface area contributed by atoms with Gasteiger partial charge in [-0.25, -0.2) is 0 Å². The van der Waals surface area contributed by atoms with Crippen LogP contribution in [0, 0.1) is 18.3 Å². The molecule has 13 heavy (non-hydrogen) atoms. The molecule has 0 amide bonds. The lowest BCUT2D eigenvalue weighted by atomic mass is 10.1. The van der Waals surface area contributed by atoms with E-state index in [0.717, 1.165) is 16.7 Å². The van der Waals surface area contributed by atoms with Gasteiger partial charge in [0.15, 0.2) is 0 Å². The lowest BCUT2D eigenvalue weighted by Crippen LogP contribution is -1.88. The summed E-state index contributed by atoms with van der Waals surface area (Å²) >= 11 is 0. The highest BCUT2D eigenvalue weighted by Crippen LogP contribution is 2.11. The Bertz CT molecular complexity index is 361. The van der Waals surface area contributed by atoms with E-state index in [1.54, 1.807) is 6.08 Å². The zero-order chi connectivity index (χ0) is 9.68. The molecule has 0 aliphatic carbocycles. The van der Waals surface area contributed by atoms with Crippen LogP contribution >= 0.6 is 0 Å². The highest BCUT2D eigenvalue weighted by atomic mass is 16.3. The fourth-order valence-electron chi connectivity index (χ4n) is 1.13. The summed E-state index contributed by atoms with van der Waals surface area (Å²) in [6.07, 6.45) is 3.18. The van der Waals surface area contributed by atoms with Gasteiger partial charge in [0.05, 0.1) is 12.7 Å². The standard InChI is InChI=1S/C11H11NO/c1-9-7-10(3-2-6-12)4-5-11(9)8-13/h2-5,7,13H,8H2,1H3. The summed E-state index contributed by atoms with van der Waals surface area (Å²) in [5, 5.41) is 17.2. The first-order chi connectivity index (χ1) is 6.27.